The maximum absolute atomic E-state index is 11.9. The van der Waals surface area contributed by atoms with Gasteiger partial charge in [-0.15, -0.1) is 0 Å². The van der Waals surface area contributed by atoms with E-state index >= 15 is 0 Å². The van der Waals surface area contributed by atoms with Gasteiger partial charge in [0.05, 0.1) is 5.75 Å². The maximum atomic E-state index is 11.9. The molecule has 0 aliphatic carbocycles. The van der Waals surface area contributed by atoms with Gasteiger partial charge in [0.15, 0.2) is 0 Å². The Morgan fingerprint density at radius 2 is 1.76 bits per heavy atom. The Kier molecular flexibility index (Phi) is 4.16. The largest absolute Gasteiger partial charge is 0.399 e. The first-order valence-electron chi connectivity index (χ1n) is 5.60. The van der Waals surface area contributed by atoms with Crippen LogP contribution in [0.25, 0.3) is 0 Å². The average Bonchev–Trinajstić information content (AvgIpc) is 2.20. The van der Waals surface area contributed by atoms with Crippen molar-refractivity contribution >= 4 is 15.7 Å². The van der Waals surface area contributed by atoms with Crippen molar-refractivity contribution in [3.63, 3.8) is 0 Å². The van der Waals surface area contributed by atoms with Crippen molar-refractivity contribution < 1.29 is 8.42 Å². The van der Waals surface area contributed by atoms with Gasteiger partial charge in [0.2, 0.25) is 10.0 Å². The molecule has 96 valence electrons. The van der Waals surface area contributed by atoms with Crippen LogP contribution in [0, 0.1) is 0 Å². The lowest BCUT2D eigenvalue weighted by Crippen LogP contribution is -2.43. The number of sulfonamides is 1. The highest BCUT2D eigenvalue weighted by atomic mass is 32.2. The third kappa shape index (κ3) is 4.75. The minimum absolute atomic E-state index is 0.0172. The summed E-state index contributed by atoms with van der Waals surface area (Å²) in [5.74, 6) is -0.0172. The highest BCUT2D eigenvalue weighted by Crippen LogP contribution is 2.13. The lowest BCUT2D eigenvalue weighted by molar-refractivity contribution is 0.439. The standard InChI is InChI=1S/C12H20N2O2S/c1-4-12(2,3)14-17(15,16)9-10-5-7-11(13)8-6-10/h5-8,14H,4,9,13H2,1-3H3. The van der Waals surface area contributed by atoms with Crippen molar-refractivity contribution in [1.82, 2.24) is 4.72 Å². The van der Waals surface area contributed by atoms with Crippen molar-refractivity contribution in [2.75, 3.05) is 5.73 Å². The first kappa shape index (κ1) is 14.0. The van der Waals surface area contributed by atoms with Crippen LogP contribution in [-0.2, 0) is 15.8 Å². The lowest BCUT2D eigenvalue weighted by Gasteiger charge is -2.24. The minimum Gasteiger partial charge on any atom is -0.399 e. The molecule has 1 aromatic carbocycles. The van der Waals surface area contributed by atoms with Crippen LogP contribution in [-0.4, -0.2) is 14.0 Å². The second-order valence-electron chi connectivity index (χ2n) is 4.84. The van der Waals surface area contributed by atoms with Gasteiger partial charge in [-0.3, -0.25) is 0 Å². The third-order valence-electron chi connectivity index (χ3n) is 2.65. The van der Waals surface area contributed by atoms with Gasteiger partial charge in [0.1, 0.15) is 0 Å². The van der Waals surface area contributed by atoms with Crippen LogP contribution in [0.2, 0.25) is 0 Å². The van der Waals surface area contributed by atoms with Crippen molar-refractivity contribution in [3.8, 4) is 0 Å². The smallest absolute Gasteiger partial charge is 0.216 e. The molecule has 0 heterocycles. The van der Waals surface area contributed by atoms with E-state index in [0.29, 0.717) is 5.69 Å². The molecule has 0 fully saturated rings. The van der Waals surface area contributed by atoms with Gasteiger partial charge < -0.3 is 5.73 Å². The summed E-state index contributed by atoms with van der Waals surface area (Å²) in [6, 6.07) is 6.87. The summed E-state index contributed by atoms with van der Waals surface area (Å²) >= 11 is 0. The second kappa shape index (κ2) is 5.06. The molecule has 5 heteroatoms. The fourth-order valence-corrected chi connectivity index (χ4v) is 3.05. The third-order valence-corrected chi connectivity index (χ3v) is 4.23. The first-order valence-corrected chi connectivity index (χ1v) is 7.25. The summed E-state index contributed by atoms with van der Waals surface area (Å²) in [5.41, 5.74) is 6.51. The van der Waals surface area contributed by atoms with E-state index < -0.39 is 15.6 Å². The van der Waals surface area contributed by atoms with E-state index in [1.54, 1.807) is 24.3 Å². The SMILES string of the molecule is CCC(C)(C)NS(=O)(=O)Cc1ccc(N)cc1. The quantitative estimate of drug-likeness (QED) is 0.790. The van der Waals surface area contributed by atoms with Gasteiger partial charge in [-0.25, -0.2) is 13.1 Å². The predicted octanol–water partition coefficient (Wildman–Crippen LogP) is 1.88. The van der Waals surface area contributed by atoms with Gasteiger partial charge in [-0.2, -0.15) is 0 Å². The van der Waals surface area contributed by atoms with Crippen molar-refractivity contribution in [2.45, 2.75) is 38.5 Å². The zero-order chi connectivity index (χ0) is 13.1. The number of hydrogen-bond donors (Lipinski definition) is 2. The summed E-state index contributed by atoms with van der Waals surface area (Å²) in [4.78, 5) is 0. The van der Waals surface area contributed by atoms with Gasteiger partial charge in [0.25, 0.3) is 0 Å². The normalized spacial score (nSPS) is 12.6. The molecule has 0 atom stereocenters. The number of benzene rings is 1. The molecule has 0 aliphatic heterocycles. The number of hydrogen-bond acceptors (Lipinski definition) is 3. The Morgan fingerprint density at radius 3 is 2.24 bits per heavy atom. The van der Waals surface area contributed by atoms with Crippen LogP contribution in [0.3, 0.4) is 0 Å². The monoisotopic (exact) mass is 256 g/mol. The molecule has 1 rings (SSSR count). The molecular formula is C12H20N2O2S. The van der Waals surface area contributed by atoms with Gasteiger partial charge in [-0.05, 0) is 38.0 Å². The van der Waals surface area contributed by atoms with Crippen LogP contribution in [0.4, 0.5) is 5.69 Å². The number of nitrogens with two attached hydrogens (primary N) is 1. The van der Waals surface area contributed by atoms with Crippen LogP contribution < -0.4 is 10.5 Å². The van der Waals surface area contributed by atoms with E-state index in [1.165, 1.54) is 0 Å². The van der Waals surface area contributed by atoms with E-state index in [2.05, 4.69) is 4.72 Å². The Hall–Kier alpha value is -1.07. The molecule has 0 saturated heterocycles. The van der Waals surface area contributed by atoms with E-state index in [-0.39, 0.29) is 5.75 Å². The number of nitrogen functional groups attached to an aromatic ring is 1. The Labute approximate surface area is 103 Å². The summed E-state index contributed by atoms with van der Waals surface area (Å²) < 4.78 is 26.5. The molecule has 4 nitrogen and oxygen atoms in total. The summed E-state index contributed by atoms with van der Waals surface area (Å²) in [7, 11) is -3.31. The average molecular weight is 256 g/mol. The summed E-state index contributed by atoms with van der Waals surface area (Å²) in [6.45, 7) is 5.69. The highest BCUT2D eigenvalue weighted by Gasteiger charge is 2.22. The Bertz CT molecular complexity index is 464. The number of rotatable bonds is 5. The predicted molar refractivity (Wildman–Crippen MR) is 71.0 cm³/mol. The van der Waals surface area contributed by atoms with Gasteiger partial charge in [-0.1, -0.05) is 19.1 Å². The molecule has 0 spiro atoms. The van der Waals surface area contributed by atoms with Gasteiger partial charge in [0, 0.05) is 11.2 Å². The Balaban J connectivity index is 2.77. The molecule has 0 saturated carbocycles. The summed E-state index contributed by atoms with van der Waals surface area (Å²) in [6.07, 6.45) is 0.744. The topological polar surface area (TPSA) is 72.2 Å². The van der Waals surface area contributed by atoms with Crippen LogP contribution >= 0.6 is 0 Å². The molecule has 0 aliphatic rings. The Morgan fingerprint density at radius 1 is 1.24 bits per heavy atom. The fourth-order valence-electron chi connectivity index (χ4n) is 1.36. The highest BCUT2D eigenvalue weighted by molar-refractivity contribution is 7.88. The van der Waals surface area contributed by atoms with Crippen molar-refractivity contribution in [2.24, 2.45) is 0 Å². The minimum atomic E-state index is -3.31. The number of nitrogens with one attached hydrogen (secondary N) is 1. The van der Waals surface area contributed by atoms with Crippen LogP contribution in [0.5, 0.6) is 0 Å². The van der Waals surface area contributed by atoms with Crippen LogP contribution in [0.1, 0.15) is 32.8 Å². The van der Waals surface area contributed by atoms with Crippen molar-refractivity contribution in [3.05, 3.63) is 29.8 Å². The molecule has 17 heavy (non-hydrogen) atoms. The van der Waals surface area contributed by atoms with E-state index in [1.807, 2.05) is 20.8 Å². The molecule has 0 bridgehead atoms. The van der Waals surface area contributed by atoms with E-state index in [9.17, 15) is 8.42 Å². The molecule has 0 aromatic heterocycles. The van der Waals surface area contributed by atoms with E-state index in [0.717, 1.165) is 12.0 Å². The van der Waals surface area contributed by atoms with Crippen molar-refractivity contribution in [1.29, 1.82) is 0 Å². The molecule has 0 amide bonds. The summed E-state index contributed by atoms with van der Waals surface area (Å²) in [5, 5.41) is 0. The molecule has 0 unspecified atom stereocenters. The number of anilines is 1. The molecule has 1 aromatic rings. The molecule has 3 N–H and O–H groups in total. The van der Waals surface area contributed by atoms with E-state index in [4.69, 9.17) is 5.73 Å². The maximum Gasteiger partial charge on any atom is 0.216 e. The van der Waals surface area contributed by atoms with Gasteiger partial charge >= 0.3 is 0 Å². The first-order chi connectivity index (χ1) is 7.74. The fraction of sp³-hybridized carbons (Fsp3) is 0.500. The molecule has 0 radical (unpaired) electrons. The zero-order valence-electron chi connectivity index (χ0n) is 10.5. The van der Waals surface area contributed by atoms with Crippen LogP contribution in [0.15, 0.2) is 24.3 Å². The molecular weight excluding hydrogens is 236 g/mol. The second-order valence-corrected chi connectivity index (χ2v) is 6.56. The zero-order valence-corrected chi connectivity index (χ0v) is 11.3. The lowest BCUT2D eigenvalue weighted by atomic mass is 10.0.